The summed E-state index contributed by atoms with van der Waals surface area (Å²) in [6.07, 6.45) is 4.93. The highest BCUT2D eigenvalue weighted by molar-refractivity contribution is 5.94. The van der Waals surface area contributed by atoms with Crippen molar-refractivity contribution in [1.29, 1.82) is 0 Å². The van der Waals surface area contributed by atoms with E-state index in [2.05, 4.69) is 24.1 Å². The van der Waals surface area contributed by atoms with Gasteiger partial charge in [0.05, 0.1) is 23.8 Å². The SMILES string of the molecule is COC1CCC23CC[C@@H](C)[C@](C)(C12)[C@H](OC(=O)NC(=O)[C@H]1CN2CC[C@@H]1C2)C[C@@](C)(/C=C/F)C(=O)[C@@H]3C. The number of nitrogens with zero attached hydrogens (tertiary/aromatic N) is 1. The highest BCUT2D eigenvalue weighted by Crippen LogP contribution is 2.68. The van der Waals surface area contributed by atoms with Gasteiger partial charge in [-0.25, -0.2) is 9.18 Å². The van der Waals surface area contributed by atoms with Gasteiger partial charge in [-0.1, -0.05) is 20.8 Å². The molecular formula is C29H43FN2O5. The van der Waals surface area contributed by atoms with Crippen molar-refractivity contribution in [2.45, 2.75) is 78.4 Å². The molecule has 4 bridgehead atoms. The number of carbonyl (C=O) groups is 3. The number of fused-ring (bicyclic) bond motifs is 2. The minimum atomic E-state index is -1.12. The Balaban J connectivity index is 1.49. The number of nitrogens with one attached hydrogen (secondary N) is 1. The first-order valence-electron chi connectivity index (χ1n) is 14.1. The molecule has 1 N–H and O–H groups in total. The van der Waals surface area contributed by atoms with Crippen molar-refractivity contribution in [3.8, 4) is 0 Å². The second-order valence-corrected chi connectivity index (χ2v) is 13.1. The Morgan fingerprint density at radius 3 is 2.49 bits per heavy atom. The summed E-state index contributed by atoms with van der Waals surface area (Å²) in [7, 11) is 1.72. The van der Waals surface area contributed by atoms with E-state index in [1.165, 1.54) is 6.08 Å². The zero-order chi connectivity index (χ0) is 26.8. The first kappa shape index (κ1) is 26.8. The van der Waals surface area contributed by atoms with E-state index in [4.69, 9.17) is 9.47 Å². The number of piperidine rings is 1. The predicted octanol–water partition coefficient (Wildman–Crippen LogP) is 4.51. The van der Waals surface area contributed by atoms with Crippen molar-refractivity contribution in [1.82, 2.24) is 10.2 Å². The monoisotopic (exact) mass is 518 g/mol. The van der Waals surface area contributed by atoms with Crippen LogP contribution < -0.4 is 5.32 Å². The van der Waals surface area contributed by atoms with E-state index in [1.807, 2.05) is 6.92 Å². The summed E-state index contributed by atoms with van der Waals surface area (Å²) in [6, 6.07) is 0. The van der Waals surface area contributed by atoms with E-state index < -0.39 is 23.0 Å². The number of allylic oxidation sites excluding steroid dienone is 1. The number of amides is 2. The van der Waals surface area contributed by atoms with Gasteiger partial charge in [0.25, 0.3) is 0 Å². The van der Waals surface area contributed by atoms with Crippen LogP contribution in [0.3, 0.4) is 0 Å². The summed E-state index contributed by atoms with van der Waals surface area (Å²) in [5, 5.41) is 2.52. The molecule has 0 aromatic heterocycles. The van der Waals surface area contributed by atoms with E-state index in [-0.39, 0.29) is 59.2 Å². The molecule has 3 saturated carbocycles. The molecule has 4 unspecified atom stereocenters. The molecule has 206 valence electrons. The van der Waals surface area contributed by atoms with Crippen LogP contribution in [0.15, 0.2) is 12.4 Å². The number of rotatable bonds is 4. The molecule has 2 amide bonds. The van der Waals surface area contributed by atoms with Crippen molar-refractivity contribution in [2.75, 3.05) is 26.7 Å². The number of alkyl carbamates (subject to hydrolysis) is 1. The summed E-state index contributed by atoms with van der Waals surface area (Å²) in [5.74, 6) is -0.290. The minimum Gasteiger partial charge on any atom is -0.445 e. The fourth-order valence-corrected chi connectivity index (χ4v) is 9.33. The lowest BCUT2D eigenvalue weighted by Gasteiger charge is -2.61. The zero-order valence-corrected chi connectivity index (χ0v) is 22.9. The van der Waals surface area contributed by atoms with Gasteiger partial charge in [-0.2, -0.15) is 0 Å². The maximum atomic E-state index is 14.0. The molecule has 0 spiro atoms. The van der Waals surface area contributed by atoms with Gasteiger partial charge >= 0.3 is 6.09 Å². The lowest BCUT2D eigenvalue weighted by Crippen LogP contribution is -2.63. The van der Waals surface area contributed by atoms with Crippen molar-refractivity contribution < 1.29 is 28.2 Å². The van der Waals surface area contributed by atoms with E-state index in [0.29, 0.717) is 12.9 Å². The Bertz CT molecular complexity index is 987. The van der Waals surface area contributed by atoms with Gasteiger partial charge in [-0.15, -0.1) is 0 Å². The minimum absolute atomic E-state index is 0.0125. The molecule has 8 heteroatoms. The fraction of sp³-hybridized carbons (Fsp3) is 0.828. The highest BCUT2D eigenvalue weighted by atomic mass is 19.1. The van der Waals surface area contributed by atoms with Gasteiger partial charge in [-0.05, 0) is 68.9 Å². The van der Waals surface area contributed by atoms with Crippen LogP contribution in [0.1, 0.15) is 66.2 Å². The first-order chi connectivity index (χ1) is 17.5. The Morgan fingerprint density at radius 1 is 1.14 bits per heavy atom. The molecule has 5 rings (SSSR count). The van der Waals surface area contributed by atoms with E-state index in [0.717, 1.165) is 45.2 Å². The fourth-order valence-electron chi connectivity index (χ4n) is 9.33. The van der Waals surface area contributed by atoms with Gasteiger partial charge in [0, 0.05) is 43.9 Å². The Labute approximate surface area is 219 Å². The summed E-state index contributed by atoms with van der Waals surface area (Å²) < 4.78 is 25.9. The number of Topliss-reactive ketones (excluding diaryl/α,β-unsaturated/α-hetero) is 1. The van der Waals surface area contributed by atoms with Crippen LogP contribution in [0.4, 0.5) is 9.18 Å². The normalized spacial score (nSPS) is 49.0. The van der Waals surface area contributed by atoms with E-state index >= 15 is 0 Å². The van der Waals surface area contributed by atoms with Gasteiger partial charge in [-0.3, -0.25) is 14.9 Å². The first-order valence-corrected chi connectivity index (χ1v) is 14.1. The summed E-state index contributed by atoms with van der Waals surface area (Å²) in [5.41, 5.74) is -1.92. The van der Waals surface area contributed by atoms with Crippen LogP contribution in [-0.4, -0.2) is 61.6 Å². The highest BCUT2D eigenvalue weighted by Gasteiger charge is 2.68. The maximum absolute atomic E-state index is 14.0. The van der Waals surface area contributed by atoms with E-state index in [1.54, 1.807) is 14.0 Å². The number of ketones is 1. The van der Waals surface area contributed by atoms with E-state index in [9.17, 15) is 18.8 Å². The molecule has 2 heterocycles. The zero-order valence-electron chi connectivity index (χ0n) is 22.9. The third kappa shape index (κ3) is 4.00. The number of halogens is 1. The summed E-state index contributed by atoms with van der Waals surface area (Å²) >= 11 is 0. The van der Waals surface area contributed by atoms with Crippen LogP contribution in [0.2, 0.25) is 0 Å². The smallest absolute Gasteiger partial charge is 0.414 e. The second kappa shape index (κ2) is 9.44. The molecule has 0 radical (unpaired) electrons. The molecule has 5 aliphatic rings. The number of hydrogen-bond acceptors (Lipinski definition) is 6. The number of carbonyl (C=O) groups excluding carboxylic acids is 3. The average molecular weight is 519 g/mol. The van der Waals surface area contributed by atoms with Crippen LogP contribution in [-0.2, 0) is 19.1 Å². The molecule has 2 aliphatic heterocycles. The number of imide groups is 1. The number of methoxy groups -OCH3 is 1. The van der Waals surface area contributed by atoms with Crippen molar-refractivity contribution in [2.24, 2.45) is 45.8 Å². The quantitative estimate of drug-likeness (QED) is 0.590. The predicted molar refractivity (Wildman–Crippen MR) is 136 cm³/mol. The molecule has 37 heavy (non-hydrogen) atoms. The molecule has 11 atom stereocenters. The van der Waals surface area contributed by atoms with Crippen LogP contribution in [0.5, 0.6) is 0 Å². The molecule has 7 nitrogen and oxygen atoms in total. The van der Waals surface area contributed by atoms with Gasteiger partial charge in [0.2, 0.25) is 5.91 Å². The van der Waals surface area contributed by atoms with Crippen LogP contribution >= 0.6 is 0 Å². The summed E-state index contributed by atoms with van der Waals surface area (Å²) in [4.78, 5) is 42.5. The Kier molecular flexibility index (Phi) is 6.83. The van der Waals surface area contributed by atoms with Gasteiger partial charge in [0.15, 0.2) is 0 Å². The van der Waals surface area contributed by atoms with Crippen LogP contribution in [0.25, 0.3) is 0 Å². The lowest BCUT2D eigenvalue weighted by atomic mass is 9.44. The van der Waals surface area contributed by atoms with Crippen molar-refractivity contribution >= 4 is 17.8 Å². The average Bonchev–Trinajstić information content (AvgIpc) is 3.59. The molecule has 0 aromatic rings. The van der Waals surface area contributed by atoms with Crippen molar-refractivity contribution in [3.63, 3.8) is 0 Å². The maximum Gasteiger partial charge on any atom is 0.414 e. The molecule has 3 aliphatic carbocycles. The standard InChI is InChI=1S/C29H43FN2O5/c1-17-6-9-29-10-7-21(36-5)23(29)28(17,4)22(14-27(3,11-12-30)24(33)18(29)2)37-26(35)31-25(34)20-16-32-13-8-19(20)15-32/h11-12,17-23H,6-10,13-16H2,1-5H3,(H,31,34,35)/b12-11+/t17-,18+,19-,20+,21?,22-,23?,27-,28+,29?/m1/s1. The Morgan fingerprint density at radius 2 is 1.86 bits per heavy atom. The van der Waals surface area contributed by atoms with Crippen LogP contribution in [0, 0.1) is 45.8 Å². The molecule has 0 aromatic carbocycles. The Hall–Kier alpha value is -1.80. The third-order valence-electron chi connectivity index (χ3n) is 11.7. The third-order valence-corrected chi connectivity index (χ3v) is 11.7. The summed E-state index contributed by atoms with van der Waals surface area (Å²) in [6.45, 7) is 10.7. The molecule has 2 saturated heterocycles. The van der Waals surface area contributed by atoms with Crippen molar-refractivity contribution in [3.05, 3.63) is 12.4 Å². The number of ether oxygens (including phenoxy) is 2. The topological polar surface area (TPSA) is 84.9 Å². The second-order valence-electron chi connectivity index (χ2n) is 13.1. The van der Waals surface area contributed by atoms with Gasteiger partial charge in [0.1, 0.15) is 11.9 Å². The lowest BCUT2D eigenvalue weighted by molar-refractivity contribution is -0.189. The molecular weight excluding hydrogens is 475 g/mol. The largest absolute Gasteiger partial charge is 0.445 e. The molecule has 5 fully saturated rings. The number of hydrogen-bond donors (Lipinski definition) is 1. The van der Waals surface area contributed by atoms with Gasteiger partial charge < -0.3 is 14.4 Å².